The van der Waals surface area contributed by atoms with Crippen LogP contribution in [0.5, 0.6) is 0 Å². The van der Waals surface area contributed by atoms with Gasteiger partial charge >= 0.3 is 5.97 Å². The third-order valence-corrected chi connectivity index (χ3v) is 3.44. The van der Waals surface area contributed by atoms with Crippen LogP contribution in [0.25, 0.3) is 0 Å². The number of likely N-dealkylation sites (N-methyl/N-ethyl adjacent to an activating group) is 1. The summed E-state index contributed by atoms with van der Waals surface area (Å²) in [5, 5.41) is 2.16. The van der Waals surface area contributed by atoms with Gasteiger partial charge in [0.2, 0.25) is 0 Å². The Bertz CT molecular complexity index is 405. The maximum atomic E-state index is 12.0. The fraction of sp³-hybridized carbons (Fsp3) is 0.455. The van der Waals surface area contributed by atoms with Gasteiger partial charge in [-0.3, -0.25) is 9.59 Å². The van der Waals surface area contributed by atoms with Gasteiger partial charge in [0.1, 0.15) is 11.4 Å². The van der Waals surface area contributed by atoms with Crippen molar-refractivity contribution in [3.05, 3.63) is 21.3 Å². The highest BCUT2D eigenvalue weighted by Crippen LogP contribution is 2.23. The molecule has 94 valence electrons. The first kappa shape index (κ1) is 14.0. The molecule has 0 aliphatic carbocycles. The second kappa shape index (κ2) is 6.61. The number of nitrogens with zero attached hydrogens (tertiary/aromatic N) is 1. The van der Waals surface area contributed by atoms with Crippen molar-refractivity contribution in [3.63, 3.8) is 0 Å². The molecule has 0 aliphatic heterocycles. The minimum Gasteiger partial charge on any atom is -0.465 e. The number of rotatable bonds is 5. The Morgan fingerprint density at radius 2 is 2.18 bits per heavy atom. The van der Waals surface area contributed by atoms with Crippen molar-refractivity contribution in [3.8, 4) is 0 Å². The third kappa shape index (κ3) is 3.71. The van der Waals surface area contributed by atoms with Crippen molar-refractivity contribution in [2.24, 2.45) is 0 Å². The molecule has 0 aromatic carbocycles. The van der Waals surface area contributed by atoms with Crippen LogP contribution in [0.3, 0.4) is 0 Å². The maximum Gasteiger partial charge on any atom is 0.325 e. The van der Waals surface area contributed by atoms with Crippen molar-refractivity contribution >= 4 is 34.8 Å². The zero-order chi connectivity index (χ0) is 12.8. The van der Waals surface area contributed by atoms with Crippen LogP contribution in [0.2, 0.25) is 5.02 Å². The van der Waals surface area contributed by atoms with Crippen molar-refractivity contribution < 1.29 is 14.3 Å². The number of hydrogen-bond donors (Lipinski definition) is 0. The number of amides is 1. The first-order valence-corrected chi connectivity index (χ1v) is 6.53. The molecule has 1 rings (SSSR count). The fourth-order valence-electron chi connectivity index (χ4n) is 1.28. The summed E-state index contributed by atoms with van der Waals surface area (Å²) in [4.78, 5) is 25.2. The lowest BCUT2D eigenvalue weighted by Crippen LogP contribution is -2.36. The molecule has 0 unspecified atom stereocenters. The van der Waals surface area contributed by atoms with E-state index in [1.54, 1.807) is 25.3 Å². The summed E-state index contributed by atoms with van der Waals surface area (Å²) in [7, 11) is 0. The van der Waals surface area contributed by atoms with E-state index in [1.807, 2.05) is 0 Å². The zero-order valence-corrected chi connectivity index (χ0v) is 11.3. The topological polar surface area (TPSA) is 46.6 Å². The summed E-state index contributed by atoms with van der Waals surface area (Å²) < 4.78 is 4.81. The molecule has 0 atom stereocenters. The summed E-state index contributed by atoms with van der Waals surface area (Å²) in [6, 6.07) is 1.66. The average molecular weight is 276 g/mol. The van der Waals surface area contributed by atoms with E-state index < -0.39 is 5.97 Å². The van der Waals surface area contributed by atoms with Crippen molar-refractivity contribution in [2.45, 2.75) is 13.8 Å². The molecule has 0 N–H and O–H groups in total. The van der Waals surface area contributed by atoms with E-state index in [0.717, 1.165) is 0 Å². The van der Waals surface area contributed by atoms with Crippen LogP contribution in [0, 0.1) is 0 Å². The van der Waals surface area contributed by atoms with Crippen molar-refractivity contribution in [1.29, 1.82) is 0 Å². The Labute approximate surface area is 109 Å². The molecule has 0 radical (unpaired) electrons. The lowest BCUT2D eigenvalue weighted by molar-refractivity contribution is -0.143. The van der Waals surface area contributed by atoms with Gasteiger partial charge in [0, 0.05) is 6.54 Å². The van der Waals surface area contributed by atoms with Gasteiger partial charge in [0.25, 0.3) is 5.91 Å². The minimum absolute atomic E-state index is 0.0442. The largest absolute Gasteiger partial charge is 0.465 e. The minimum atomic E-state index is -0.407. The number of esters is 1. The van der Waals surface area contributed by atoms with Gasteiger partial charge in [-0.15, -0.1) is 11.3 Å². The zero-order valence-electron chi connectivity index (χ0n) is 9.73. The normalized spacial score (nSPS) is 10.1. The van der Waals surface area contributed by atoms with E-state index >= 15 is 0 Å². The first-order valence-electron chi connectivity index (χ1n) is 5.28. The second-order valence-corrected chi connectivity index (χ2v) is 4.55. The summed E-state index contributed by atoms with van der Waals surface area (Å²) in [5.41, 5.74) is 0. The van der Waals surface area contributed by atoms with Gasteiger partial charge in [-0.25, -0.2) is 0 Å². The summed E-state index contributed by atoms with van der Waals surface area (Å²) in [5.74, 6) is -0.643. The number of ether oxygens (including phenoxy) is 1. The highest BCUT2D eigenvalue weighted by Gasteiger charge is 2.21. The highest BCUT2D eigenvalue weighted by atomic mass is 35.5. The van der Waals surface area contributed by atoms with Gasteiger partial charge < -0.3 is 9.64 Å². The Morgan fingerprint density at radius 1 is 1.47 bits per heavy atom. The molecular weight excluding hydrogens is 262 g/mol. The lowest BCUT2D eigenvalue weighted by Gasteiger charge is -2.19. The molecular formula is C11H14ClNO3S. The molecule has 4 nitrogen and oxygen atoms in total. The van der Waals surface area contributed by atoms with Gasteiger partial charge in [-0.1, -0.05) is 11.6 Å². The van der Waals surface area contributed by atoms with E-state index in [4.69, 9.17) is 16.3 Å². The van der Waals surface area contributed by atoms with Crippen LogP contribution < -0.4 is 0 Å². The molecule has 1 aromatic heterocycles. The Balaban J connectivity index is 2.71. The van der Waals surface area contributed by atoms with Gasteiger partial charge in [0.05, 0.1) is 11.6 Å². The van der Waals surface area contributed by atoms with Crippen molar-refractivity contribution in [2.75, 3.05) is 19.7 Å². The van der Waals surface area contributed by atoms with Crippen LogP contribution in [0.4, 0.5) is 0 Å². The number of hydrogen-bond acceptors (Lipinski definition) is 4. The van der Waals surface area contributed by atoms with Crippen LogP contribution >= 0.6 is 22.9 Å². The number of thiophene rings is 1. The SMILES string of the molecule is CCOC(=O)CN(CC)C(=O)c1sccc1Cl. The van der Waals surface area contributed by atoms with Crippen LogP contribution in [-0.2, 0) is 9.53 Å². The number of halogens is 1. The van der Waals surface area contributed by atoms with Crippen LogP contribution in [0.15, 0.2) is 11.4 Å². The summed E-state index contributed by atoms with van der Waals surface area (Å²) in [6.45, 7) is 4.23. The molecule has 1 aromatic rings. The molecule has 1 heterocycles. The predicted molar refractivity (Wildman–Crippen MR) is 67.5 cm³/mol. The van der Waals surface area contributed by atoms with Gasteiger partial charge in [-0.05, 0) is 25.3 Å². The van der Waals surface area contributed by atoms with Crippen LogP contribution in [-0.4, -0.2) is 36.5 Å². The number of carbonyl (C=O) groups excluding carboxylic acids is 2. The molecule has 0 saturated heterocycles. The quantitative estimate of drug-likeness (QED) is 0.776. The predicted octanol–water partition coefficient (Wildman–Crippen LogP) is 2.43. The summed E-state index contributed by atoms with van der Waals surface area (Å²) >= 11 is 7.15. The van der Waals surface area contributed by atoms with Gasteiger partial charge in [-0.2, -0.15) is 0 Å². The fourth-order valence-corrected chi connectivity index (χ4v) is 2.38. The smallest absolute Gasteiger partial charge is 0.325 e. The van der Waals surface area contributed by atoms with Crippen molar-refractivity contribution in [1.82, 2.24) is 4.90 Å². The Kier molecular flexibility index (Phi) is 5.44. The monoisotopic (exact) mass is 275 g/mol. The highest BCUT2D eigenvalue weighted by molar-refractivity contribution is 7.12. The van der Waals surface area contributed by atoms with E-state index in [2.05, 4.69) is 0 Å². The molecule has 0 spiro atoms. The Hall–Kier alpha value is -1.07. The first-order chi connectivity index (χ1) is 8.10. The molecule has 0 fully saturated rings. The standard InChI is InChI=1S/C11H14ClNO3S/c1-3-13(7-9(14)16-4-2)11(15)10-8(12)5-6-17-10/h5-6H,3-4,7H2,1-2H3. The average Bonchev–Trinajstić information content (AvgIpc) is 2.72. The Morgan fingerprint density at radius 3 is 2.65 bits per heavy atom. The molecule has 0 saturated carbocycles. The molecule has 1 amide bonds. The van der Waals surface area contributed by atoms with Crippen LogP contribution in [0.1, 0.15) is 23.5 Å². The van der Waals surface area contributed by atoms with Gasteiger partial charge in [0.15, 0.2) is 0 Å². The lowest BCUT2D eigenvalue weighted by atomic mass is 10.3. The molecule has 0 aliphatic rings. The van der Waals surface area contributed by atoms with E-state index in [1.165, 1.54) is 16.2 Å². The molecule has 17 heavy (non-hydrogen) atoms. The number of carbonyl (C=O) groups is 2. The third-order valence-electron chi connectivity index (χ3n) is 2.11. The molecule has 6 heteroatoms. The van der Waals surface area contributed by atoms with E-state index in [0.29, 0.717) is 23.1 Å². The van der Waals surface area contributed by atoms with E-state index in [-0.39, 0.29) is 12.5 Å². The van der Waals surface area contributed by atoms with E-state index in [9.17, 15) is 9.59 Å². The second-order valence-electron chi connectivity index (χ2n) is 3.22. The summed E-state index contributed by atoms with van der Waals surface area (Å²) in [6.07, 6.45) is 0. The molecule has 0 bridgehead atoms. The maximum absolute atomic E-state index is 12.0.